The second-order valence-electron chi connectivity index (χ2n) is 20.5. The fourth-order valence-electron chi connectivity index (χ4n) is 8.69. The van der Waals surface area contributed by atoms with E-state index in [1.54, 1.807) is 0 Å². The van der Waals surface area contributed by atoms with Gasteiger partial charge in [-0.1, -0.05) is 266 Å². The third kappa shape index (κ3) is 60.3. The van der Waals surface area contributed by atoms with E-state index in [0.29, 0.717) is 6.42 Å². The highest BCUT2D eigenvalue weighted by Crippen LogP contribution is 2.43. The van der Waals surface area contributed by atoms with E-state index in [1.807, 2.05) is 0 Å². The Hall–Kier alpha value is -2.81. The van der Waals surface area contributed by atoms with Gasteiger partial charge in [0.2, 0.25) is 0 Å². The van der Waals surface area contributed by atoms with Crippen LogP contribution in [0.25, 0.3) is 0 Å². The van der Waals surface area contributed by atoms with Gasteiger partial charge in [-0.2, -0.15) is 0 Å². The SMILES string of the molecule is CC/C=C\C/C=C\C/C=C\C/C=C\CCCCCCCCCCCCC(=O)OC(COC(=O)CCCCCCCCCCCCCCCCCC/C=C\C/C=C\C/C=C\CCCCCCC)COP(=O)(O)OCCN. The molecule has 0 radical (unpaired) electrons. The Kier molecular flexibility index (Phi) is 58.2. The summed E-state index contributed by atoms with van der Waals surface area (Å²) in [5, 5.41) is 0. The second-order valence-corrected chi connectivity index (χ2v) is 22.0. The van der Waals surface area contributed by atoms with Gasteiger partial charge in [0.15, 0.2) is 6.10 Å². The highest BCUT2D eigenvalue weighted by Gasteiger charge is 2.26. The molecule has 0 saturated carbocycles. The van der Waals surface area contributed by atoms with Crippen molar-refractivity contribution in [3.63, 3.8) is 0 Å². The van der Waals surface area contributed by atoms with Gasteiger partial charge in [-0.3, -0.25) is 18.6 Å². The van der Waals surface area contributed by atoms with Gasteiger partial charge in [0.1, 0.15) is 6.61 Å². The zero-order valence-corrected chi connectivity index (χ0v) is 49.4. The van der Waals surface area contributed by atoms with Gasteiger partial charge < -0.3 is 20.1 Å². The molecule has 0 heterocycles. The number of unbranched alkanes of at least 4 members (excludes halogenated alkanes) is 31. The van der Waals surface area contributed by atoms with Crippen molar-refractivity contribution in [1.29, 1.82) is 0 Å². The van der Waals surface area contributed by atoms with Gasteiger partial charge in [-0.15, -0.1) is 0 Å². The molecule has 0 aliphatic heterocycles. The summed E-state index contributed by atoms with van der Waals surface area (Å²) in [7, 11) is -4.39. The monoisotopic (exact) mass is 1070 g/mol. The number of phosphoric ester groups is 1. The van der Waals surface area contributed by atoms with Crippen LogP contribution in [0.1, 0.15) is 284 Å². The molecule has 0 saturated heterocycles. The maximum atomic E-state index is 12.7. The normalized spacial score (nSPS) is 13.6. The van der Waals surface area contributed by atoms with Crippen LogP contribution in [0, 0.1) is 0 Å². The number of rotatable bonds is 58. The predicted octanol–water partition coefficient (Wildman–Crippen LogP) is 19.9. The molecule has 75 heavy (non-hydrogen) atoms. The van der Waals surface area contributed by atoms with Gasteiger partial charge in [-0.05, 0) is 89.9 Å². The summed E-state index contributed by atoms with van der Waals surface area (Å²) in [6, 6.07) is 0. The van der Waals surface area contributed by atoms with E-state index in [2.05, 4.69) is 98.9 Å². The molecule has 0 rings (SSSR count). The van der Waals surface area contributed by atoms with Crippen LogP contribution in [0.5, 0.6) is 0 Å². The number of esters is 2. The summed E-state index contributed by atoms with van der Waals surface area (Å²) >= 11 is 0. The summed E-state index contributed by atoms with van der Waals surface area (Å²) in [5.74, 6) is -0.827. The third-order valence-corrected chi connectivity index (χ3v) is 14.2. The van der Waals surface area contributed by atoms with Crippen molar-refractivity contribution in [2.45, 2.75) is 290 Å². The average molecular weight is 1070 g/mol. The van der Waals surface area contributed by atoms with E-state index in [0.717, 1.165) is 83.5 Å². The number of hydrogen-bond donors (Lipinski definition) is 2. The van der Waals surface area contributed by atoms with Crippen molar-refractivity contribution < 1.29 is 37.6 Å². The molecule has 0 amide bonds. The van der Waals surface area contributed by atoms with Gasteiger partial charge in [0, 0.05) is 19.4 Å². The first-order valence-corrected chi connectivity index (χ1v) is 32.6. The number of carbonyl (C=O) groups is 2. The molecule has 0 aromatic rings. The summed E-state index contributed by atoms with van der Waals surface area (Å²) in [6.07, 6.45) is 79.3. The fourth-order valence-corrected chi connectivity index (χ4v) is 9.46. The molecule has 0 aliphatic carbocycles. The Bertz CT molecular complexity index is 1500. The summed E-state index contributed by atoms with van der Waals surface area (Å²) in [6.45, 7) is 3.64. The summed E-state index contributed by atoms with van der Waals surface area (Å²) < 4.78 is 33.1. The van der Waals surface area contributed by atoms with E-state index in [9.17, 15) is 19.0 Å². The quantitative estimate of drug-likeness (QED) is 0.0264. The Morgan fingerprint density at radius 3 is 1.09 bits per heavy atom. The largest absolute Gasteiger partial charge is 0.472 e. The molecule has 3 N–H and O–H groups in total. The Labute approximate surface area is 462 Å². The fraction of sp³-hybridized carbons (Fsp3) is 0.754. The van der Waals surface area contributed by atoms with E-state index >= 15 is 0 Å². The lowest BCUT2D eigenvalue weighted by atomic mass is 10.0. The molecule has 0 aromatic heterocycles. The molecule has 434 valence electrons. The molecule has 0 fully saturated rings. The minimum atomic E-state index is -4.39. The van der Waals surface area contributed by atoms with E-state index < -0.39 is 26.5 Å². The van der Waals surface area contributed by atoms with Crippen molar-refractivity contribution in [3.8, 4) is 0 Å². The highest BCUT2D eigenvalue weighted by molar-refractivity contribution is 7.47. The molecule has 0 spiro atoms. The summed E-state index contributed by atoms with van der Waals surface area (Å²) in [4.78, 5) is 35.3. The average Bonchev–Trinajstić information content (AvgIpc) is 3.40. The van der Waals surface area contributed by atoms with Crippen LogP contribution in [0.4, 0.5) is 0 Å². The molecular weight excluding hydrogens is 954 g/mol. The molecule has 0 aromatic carbocycles. The zero-order chi connectivity index (χ0) is 54.5. The first-order valence-electron chi connectivity index (χ1n) is 31.1. The van der Waals surface area contributed by atoms with Crippen LogP contribution in [0.3, 0.4) is 0 Å². The van der Waals surface area contributed by atoms with Gasteiger partial charge >= 0.3 is 19.8 Å². The molecule has 2 atom stereocenters. The maximum Gasteiger partial charge on any atom is 0.472 e. The van der Waals surface area contributed by atoms with E-state index in [-0.39, 0.29) is 38.6 Å². The minimum Gasteiger partial charge on any atom is -0.462 e. The highest BCUT2D eigenvalue weighted by atomic mass is 31.2. The van der Waals surface area contributed by atoms with Crippen LogP contribution in [0.2, 0.25) is 0 Å². The topological polar surface area (TPSA) is 134 Å². The van der Waals surface area contributed by atoms with E-state index in [4.69, 9.17) is 24.3 Å². The molecule has 9 nitrogen and oxygen atoms in total. The number of hydrogen-bond acceptors (Lipinski definition) is 8. The lowest BCUT2D eigenvalue weighted by molar-refractivity contribution is -0.161. The predicted molar refractivity (Wildman–Crippen MR) is 321 cm³/mol. The summed E-state index contributed by atoms with van der Waals surface area (Å²) in [5.41, 5.74) is 5.39. The van der Waals surface area contributed by atoms with Gasteiger partial charge in [0.25, 0.3) is 0 Å². The number of nitrogens with two attached hydrogens (primary N) is 1. The van der Waals surface area contributed by atoms with Crippen molar-refractivity contribution in [2.75, 3.05) is 26.4 Å². The number of phosphoric acid groups is 1. The van der Waals surface area contributed by atoms with Gasteiger partial charge in [0.05, 0.1) is 13.2 Å². The standard InChI is InChI=1S/C65H116NO8P/c1-3-5-7-9-11-13-15-17-19-21-23-25-27-28-29-30-31-32-33-34-36-37-39-41-43-45-47-49-51-53-55-57-64(67)71-61-63(62-73-75(69,70)72-60-59-66)74-65(68)58-56-54-52-50-48-46-44-42-40-38-35-26-24-22-20-18-16-14-12-10-8-6-4-2/h6,8,12,14-15,17-18,20-21,23-24,26-28,63H,3-5,7,9-11,13,16,19,22,25,29-62,66H2,1-2H3,(H,69,70)/b8-6-,14-12-,17-15-,20-18-,23-21-,26-24-,28-27-. The first-order chi connectivity index (χ1) is 36.8. The molecule has 2 unspecified atom stereocenters. The van der Waals surface area contributed by atoms with E-state index in [1.165, 1.54) is 167 Å². The number of carbonyl (C=O) groups excluding carboxylic acids is 2. The Morgan fingerprint density at radius 1 is 0.413 bits per heavy atom. The lowest BCUT2D eigenvalue weighted by Gasteiger charge is -2.19. The van der Waals surface area contributed by atoms with Crippen molar-refractivity contribution >= 4 is 19.8 Å². The molecular formula is C65H116NO8P. The second kappa shape index (κ2) is 60.4. The van der Waals surface area contributed by atoms with Gasteiger partial charge in [-0.25, -0.2) is 4.57 Å². The van der Waals surface area contributed by atoms with Crippen molar-refractivity contribution in [3.05, 3.63) is 85.1 Å². The first kappa shape index (κ1) is 72.2. The lowest BCUT2D eigenvalue weighted by Crippen LogP contribution is -2.29. The Balaban J connectivity index is 3.92. The van der Waals surface area contributed by atoms with Crippen LogP contribution in [-0.2, 0) is 32.7 Å². The van der Waals surface area contributed by atoms with Crippen LogP contribution < -0.4 is 5.73 Å². The van der Waals surface area contributed by atoms with Crippen LogP contribution >= 0.6 is 7.82 Å². The Morgan fingerprint density at radius 2 is 0.733 bits per heavy atom. The van der Waals surface area contributed by atoms with Crippen molar-refractivity contribution in [1.82, 2.24) is 0 Å². The third-order valence-electron chi connectivity index (χ3n) is 13.3. The minimum absolute atomic E-state index is 0.0501. The molecule has 0 bridgehead atoms. The molecule has 0 aliphatic rings. The smallest absolute Gasteiger partial charge is 0.462 e. The van der Waals surface area contributed by atoms with Crippen LogP contribution in [-0.4, -0.2) is 49.3 Å². The van der Waals surface area contributed by atoms with Crippen LogP contribution in [0.15, 0.2) is 85.1 Å². The van der Waals surface area contributed by atoms with Crippen molar-refractivity contribution in [2.24, 2.45) is 5.73 Å². The number of allylic oxidation sites excluding steroid dienone is 14. The zero-order valence-electron chi connectivity index (χ0n) is 48.5. The maximum absolute atomic E-state index is 12.7. The number of ether oxygens (including phenoxy) is 2. The molecule has 10 heteroatoms.